The quantitative estimate of drug-likeness (QED) is 0.791. The molecule has 0 aliphatic rings. The van der Waals surface area contributed by atoms with Crippen LogP contribution in [0.1, 0.15) is 16.9 Å². The monoisotopic (exact) mass is 286 g/mol. The Hall–Kier alpha value is -2.52. The normalized spacial score (nSPS) is 10.5. The van der Waals surface area contributed by atoms with E-state index in [1.54, 1.807) is 24.1 Å². The van der Waals surface area contributed by atoms with Gasteiger partial charge in [0.2, 0.25) is 0 Å². The van der Waals surface area contributed by atoms with Crippen molar-refractivity contribution in [3.05, 3.63) is 30.0 Å². The number of hydrogen-bond donors (Lipinski definition) is 2. The SMILES string of the molecule is COCCN(CCC#N)C(=O)c1cc2cc(N)ccc2[nH]1. The number of carbonyl (C=O) groups excluding carboxylic acids is 1. The Morgan fingerprint density at radius 2 is 2.24 bits per heavy atom. The van der Waals surface area contributed by atoms with Crippen molar-refractivity contribution < 1.29 is 9.53 Å². The number of benzene rings is 1. The number of nitrogens with one attached hydrogen (secondary N) is 1. The Kier molecular flexibility index (Phi) is 4.80. The van der Waals surface area contributed by atoms with Crippen molar-refractivity contribution in [1.82, 2.24) is 9.88 Å². The fourth-order valence-corrected chi connectivity index (χ4v) is 2.14. The van der Waals surface area contributed by atoms with E-state index in [1.807, 2.05) is 12.1 Å². The molecule has 0 aliphatic heterocycles. The van der Waals surface area contributed by atoms with E-state index in [-0.39, 0.29) is 5.91 Å². The number of ether oxygens (including phenoxy) is 1. The number of nitriles is 1. The average molecular weight is 286 g/mol. The molecule has 1 aromatic carbocycles. The number of aromatic nitrogens is 1. The number of nitrogens with two attached hydrogens (primary N) is 1. The molecule has 2 aromatic rings. The largest absolute Gasteiger partial charge is 0.399 e. The Balaban J connectivity index is 2.22. The predicted molar refractivity (Wildman–Crippen MR) is 80.7 cm³/mol. The molecule has 0 saturated carbocycles. The number of methoxy groups -OCH3 is 1. The van der Waals surface area contributed by atoms with Crippen LogP contribution in [0.2, 0.25) is 0 Å². The van der Waals surface area contributed by atoms with Crippen LogP contribution in [0.4, 0.5) is 5.69 Å². The van der Waals surface area contributed by atoms with E-state index in [4.69, 9.17) is 15.7 Å². The zero-order chi connectivity index (χ0) is 15.2. The summed E-state index contributed by atoms with van der Waals surface area (Å²) in [5.74, 6) is -0.142. The van der Waals surface area contributed by atoms with Gasteiger partial charge >= 0.3 is 0 Å². The number of fused-ring (bicyclic) bond motifs is 1. The van der Waals surface area contributed by atoms with Crippen LogP contribution in [0, 0.1) is 11.3 Å². The predicted octanol–water partition coefficient (Wildman–Crippen LogP) is 1.75. The van der Waals surface area contributed by atoms with E-state index in [0.717, 1.165) is 10.9 Å². The molecule has 0 unspecified atom stereocenters. The second kappa shape index (κ2) is 6.77. The van der Waals surface area contributed by atoms with E-state index >= 15 is 0 Å². The van der Waals surface area contributed by atoms with Gasteiger partial charge in [-0.05, 0) is 24.3 Å². The number of rotatable bonds is 6. The maximum Gasteiger partial charge on any atom is 0.270 e. The Labute approximate surface area is 123 Å². The maximum absolute atomic E-state index is 12.5. The van der Waals surface area contributed by atoms with Gasteiger partial charge in [-0.1, -0.05) is 0 Å². The zero-order valence-corrected chi connectivity index (χ0v) is 11.9. The van der Waals surface area contributed by atoms with Gasteiger partial charge in [-0.25, -0.2) is 0 Å². The van der Waals surface area contributed by atoms with Crippen molar-refractivity contribution >= 4 is 22.5 Å². The average Bonchev–Trinajstić information content (AvgIpc) is 2.89. The lowest BCUT2D eigenvalue weighted by molar-refractivity contribution is 0.0695. The summed E-state index contributed by atoms with van der Waals surface area (Å²) in [6, 6.07) is 9.28. The van der Waals surface area contributed by atoms with Crippen molar-refractivity contribution in [2.45, 2.75) is 6.42 Å². The third-order valence-electron chi connectivity index (χ3n) is 3.22. The number of aromatic amines is 1. The summed E-state index contributed by atoms with van der Waals surface area (Å²) in [6.45, 7) is 1.27. The molecular formula is C15H18N4O2. The lowest BCUT2D eigenvalue weighted by Crippen LogP contribution is -2.34. The molecule has 0 spiro atoms. The smallest absolute Gasteiger partial charge is 0.270 e. The molecule has 0 saturated heterocycles. The molecule has 6 heteroatoms. The Morgan fingerprint density at radius 3 is 2.95 bits per heavy atom. The number of carbonyl (C=O) groups is 1. The molecule has 0 atom stereocenters. The van der Waals surface area contributed by atoms with E-state index in [9.17, 15) is 4.79 Å². The highest BCUT2D eigenvalue weighted by molar-refractivity contribution is 5.98. The minimum atomic E-state index is -0.142. The van der Waals surface area contributed by atoms with Crippen molar-refractivity contribution in [2.75, 3.05) is 32.5 Å². The topological polar surface area (TPSA) is 95.1 Å². The molecule has 2 rings (SSSR count). The van der Waals surface area contributed by atoms with Gasteiger partial charge in [0.15, 0.2) is 0 Å². The molecule has 0 aliphatic carbocycles. The molecule has 0 fully saturated rings. The van der Waals surface area contributed by atoms with Crippen LogP contribution >= 0.6 is 0 Å². The third kappa shape index (κ3) is 3.52. The maximum atomic E-state index is 12.5. The lowest BCUT2D eigenvalue weighted by Gasteiger charge is -2.20. The first kappa shape index (κ1) is 14.9. The van der Waals surface area contributed by atoms with Crippen molar-refractivity contribution in [2.24, 2.45) is 0 Å². The van der Waals surface area contributed by atoms with Crippen LogP contribution in [0.5, 0.6) is 0 Å². The highest BCUT2D eigenvalue weighted by Crippen LogP contribution is 2.19. The van der Waals surface area contributed by atoms with Gasteiger partial charge in [0, 0.05) is 36.8 Å². The summed E-state index contributed by atoms with van der Waals surface area (Å²) >= 11 is 0. The van der Waals surface area contributed by atoms with E-state index in [2.05, 4.69) is 11.1 Å². The molecule has 21 heavy (non-hydrogen) atoms. The summed E-state index contributed by atoms with van der Waals surface area (Å²) in [5.41, 5.74) is 7.74. The summed E-state index contributed by atoms with van der Waals surface area (Å²) in [4.78, 5) is 17.2. The van der Waals surface area contributed by atoms with Crippen LogP contribution in [0.3, 0.4) is 0 Å². The van der Waals surface area contributed by atoms with Gasteiger partial charge < -0.3 is 20.4 Å². The van der Waals surface area contributed by atoms with Crippen LogP contribution in [-0.2, 0) is 4.74 Å². The first-order chi connectivity index (χ1) is 10.2. The van der Waals surface area contributed by atoms with E-state index < -0.39 is 0 Å². The lowest BCUT2D eigenvalue weighted by atomic mass is 10.2. The van der Waals surface area contributed by atoms with Gasteiger partial charge in [0.05, 0.1) is 19.1 Å². The summed E-state index contributed by atoms with van der Waals surface area (Å²) in [5, 5.41) is 9.59. The summed E-state index contributed by atoms with van der Waals surface area (Å²) < 4.78 is 5.01. The molecule has 6 nitrogen and oxygen atoms in total. The van der Waals surface area contributed by atoms with Crippen LogP contribution in [0.15, 0.2) is 24.3 Å². The van der Waals surface area contributed by atoms with Gasteiger partial charge in [0.25, 0.3) is 5.91 Å². The first-order valence-electron chi connectivity index (χ1n) is 6.69. The van der Waals surface area contributed by atoms with Gasteiger partial charge in [0.1, 0.15) is 5.69 Å². The summed E-state index contributed by atoms with van der Waals surface area (Å²) in [6.07, 6.45) is 0.294. The minimum Gasteiger partial charge on any atom is -0.399 e. The number of hydrogen-bond acceptors (Lipinski definition) is 4. The first-order valence-corrected chi connectivity index (χ1v) is 6.69. The highest BCUT2D eigenvalue weighted by atomic mass is 16.5. The number of anilines is 1. The van der Waals surface area contributed by atoms with Crippen molar-refractivity contribution in [3.63, 3.8) is 0 Å². The molecular weight excluding hydrogens is 268 g/mol. The van der Waals surface area contributed by atoms with Crippen molar-refractivity contribution in [3.8, 4) is 6.07 Å². The molecule has 0 radical (unpaired) electrons. The number of nitrogens with zero attached hydrogens (tertiary/aromatic N) is 2. The Bertz CT molecular complexity index is 672. The highest BCUT2D eigenvalue weighted by Gasteiger charge is 2.17. The molecule has 1 heterocycles. The van der Waals surface area contributed by atoms with E-state index in [1.165, 1.54) is 0 Å². The zero-order valence-electron chi connectivity index (χ0n) is 11.9. The number of amides is 1. The second-order valence-electron chi connectivity index (χ2n) is 4.72. The van der Waals surface area contributed by atoms with Crippen LogP contribution < -0.4 is 5.73 Å². The Morgan fingerprint density at radius 1 is 1.43 bits per heavy atom. The molecule has 110 valence electrons. The molecule has 1 amide bonds. The standard InChI is InChI=1S/C15H18N4O2/c1-21-8-7-19(6-2-5-16)15(20)14-10-11-9-12(17)3-4-13(11)18-14/h3-4,9-10,18H,2,6-8,17H2,1H3. The number of nitrogen functional groups attached to an aromatic ring is 1. The molecule has 1 aromatic heterocycles. The third-order valence-corrected chi connectivity index (χ3v) is 3.22. The van der Waals surface area contributed by atoms with Gasteiger partial charge in [-0.2, -0.15) is 5.26 Å². The van der Waals surface area contributed by atoms with Gasteiger partial charge in [-0.3, -0.25) is 4.79 Å². The molecule has 3 N–H and O–H groups in total. The fraction of sp³-hybridized carbons (Fsp3) is 0.333. The summed E-state index contributed by atoms with van der Waals surface area (Å²) in [7, 11) is 1.58. The number of H-pyrrole nitrogens is 1. The van der Waals surface area contributed by atoms with Crippen LogP contribution in [0.25, 0.3) is 10.9 Å². The van der Waals surface area contributed by atoms with E-state index in [0.29, 0.717) is 37.5 Å². The molecule has 0 bridgehead atoms. The van der Waals surface area contributed by atoms with Gasteiger partial charge in [-0.15, -0.1) is 0 Å². The van der Waals surface area contributed by atoms with Crippen molar-refractivity contribution in [1.29, 1.82) is 5.26 Å². The minimum absolute atomic E-state index is 0.142. The second-order valence-corrected chi connectivity index (χ2v) is 4.72. The van der Waals surface area contributed by atoms with Crippen LogP contribution in [-0.4, -0.2) is 42.6 Å². The fourth-order valence-electron chi connectivity index (χ4n) is 2.14.